The molecule has 1 atom stereocenters. The topological polar surface area (TPSA) is 34.1 Å². The van der Waals surface area contributed by atoms with Crippen LogP contribution in [0.4, 0.5) is 0 Å². The number of hydrogen-bond acceptors (Lipinski definition) is 3. The first-order valence-electron chi connectivity index (χ1n) is 8.05. The third kappa shape index (κ3) is 6.16. The lowest BCUT2D eigenvalue weighted by atomic mass is 10.2. The van der Waals surface area contributed by atoms with Crippen molar-refractivity contribution in [2.24, 2.45) is 4.99 Å². The van der Waals surface area contributed by atoms with Crippen molar-refractivity contribution in [2.45, 2.75) is 12.6 Å². The van der Waals surface area contributed by atoms with Crippen LogP contribution in [0.2, 0.25) is 0 Å². The number of piperazine rings is 1. The van der Waals surface area contributed by atoms with Gasteiger partial charge in [-0.15, -0.1) is 24.0 Å². The van der Waals surface area contributed by atoms with E-state index in [0.717, 1.165) is 43.2 Å². The molecule has 24 heavy (non-hydrogen) atoms. The first-order valence-corrected chi connectivity index (χ1v) is 8.84. The Kier molecular flexibility index (Phi) is 9.54. The molecule has 0 bridgehead atoms. The van der Waals surface area contributed by atoms with Crippen molar-refractivity contribution in [3.63, 3.8) is 0 Å². The summed E-state index contributed by atoms with van der Waals surface area (Å²) < 4.78 is 1.14. The lowest BCUT2D eigenvalue weighted by molar-refractivity contribution is 0.116. The lowest BCUT2D eigenvalue weighted by Crippen LogP contribution is -2.55. The average molecular weight is 510 g/mol. The number of rotatable bonds is 4. The normalized spacial score (nSPS) is 19.7. The highest BCUT2D eigenvalue weighted by Crippen LogP contribution is 2.17. The van der Waals surface area contributed by atoms with Gasteiger partial charge in [0.1, 0.15) is 0 Å². The standard InChI is InChI=1S/C17H28BrN5.HI/c1-19-17(20-11-15-13-21(2)9-10-22(15)3)23(4)12-14-7-5-6-8-16(14)18;/h5-8,15H,9-13H2,1-4H3,(H,19,20);1H. The van der Waals surface area contributed by atoms with Gasteiger partial charge in [0.25, 0.3) is 0 Å². The summed E-state index contributed by atoms with van der Waals surface area (Å²) in [6, 6.07) is 8.83. The van der Waals surface area contributed by atoms with Gasteiger partial charge in [0.15, 0.2) is 5.96 Å². The molecule has 1 unspecified atom stereocenters. The Labute approximate surface area is 171 Å². The summed E-state index contributed by atoms with van der Waals surface area (Å²) in [4.78, 5) is 11.4. The van der Waals surface area contributed by atoms with E-state index in [0.29, 0.717) is 6.04 Å². The van der Waals surface area contributed by atoms with Gasteiger partial charge in [-0.3, -0.25) is 9.89 Å². The molecular weight excluding hydrogens is 481 g/mol. The molecule has 2 rings (SSSR count). The van der Waals surface area contributed by atoms with Gasteiger partial charge in [-0.05, 0) is 25.7 Å². The average Bonchev–Trinajstić information content (AvgIpc) is 2.53. The molecular formula is C17H29BrIN5. The molecule has 1 N–H and O–H groups in total. The summed E-state index contributed by atoms with van der Waals surface area (Å²) in [5, 5.41) is 3.52. The molecule has 136 valence electrons. The molecule has 1 fully saturated rings. The first-order chi connectivity index (χ1) is 11.0. The molecule has 1 aliphatic rings. The van der Waals surface area contributed by atoms with E-state index in [1.54, 1.807) is 0 Å². The minimum Gasteiger partial charge on any atom is -0.355 e. The number of hydrogen-bond donors (Lipinski definition) is 1. The van der Waals surface area contributed by atoms with Gasteiger partial charge in [-0.1, -0.05) is 34.1 Å². The predicted molar refractivity (Wildman–Crippen MR) is 116 cm³/mol. The second-order valence-electron chi connectivity index (χ2n) is 6.27. The van der Waals surface area contributed by atoms with E-state index >= 15 is 0 Å². The summed E-state index contributed by atoms with van der Waals surface area (Å²) in [6.07, 6.45) is 0. The van der Waals surface area contributed by atoms with Crippen molar-refractivity contribution in [3.05, 3.63) is 34.3 Å². The number of benzene rings is 1. The smallest absolute Gasteiger partial charge is 0.193 e. The number of guanidine groups is 1. The van der Waals surface area contributed by atoms with Gasteiger partial charge >= 0.3 is 0 Å². The monoisotopic (exact) mass is 509 g/mol. The molecule has 1 saturated heterocycles. The number of halogens is 2. The summed E-state index contributed by atoms with van der Waals surface area (Å²) in [5.74, 6) is 0.933. The SMILES string of the molecule is CN=C(NCC1CN(C)CCN1C)N(C)Cc1ccccc1Br.I. The molecule has 1 aromatic rings. The molecule has 0 aromatic heterocycles. The fourth-order valence-corrected chi connectivity index (χ4v) is 3.28. The zero-order valence-electron chi connectivity index (χ0n) is 15.0. The summed E-state index contributed by atoms with van der Waals surface area (Å²) in [6.45, 7) is 5.08. The number of nitrogens with zero attached hydrogens (tertiary/aromatic N) is 4. The summed E-state index contributed by atoms with van der Waals surface area (Å²) in [7, 11) is 8.31. The Morgan fingerprint density at radius 3 is 2.71 bits per heavy atom. The molecule has 7 heteroatoms. The molecule has 0 aliphatic carbocycles. The highest BCUT2D eigenvalue weighted by molar-refractivity contribution is 14.0. The van der Waals surface area contributed by atoms with E-state index < -0.39 is 0 Å². The van der Waals surface area contributed by atoms with Crippen LogP contribution in [-0.4, -0.2) is 81.1 Å². The number of nitrogens with one attached hydrogen (secondary N) is 1. The maximum Gasteiger partial charge on any atom is 0.193 e. The molecule has 0 radical (unpaired) electrons. The van der Waals surface area contributed by atoms with Crippen molar-refractivity contribution in [3.8, 4) is 0 Å². The van der Waals surface area contributed by atoms with Gasteiger partial charge in [0.05, 0.1) is 0 Å². The third-order valence-corrected chi connectivity index (χ3v) is 5.19. The second kappa shape index (κ2) is 10.6. The van der Waals surface area contributed by atoms with Crippen LogP contribution in [0.5, 0.6) is 0 Å². The Bertz CT molecular complexity index is 539. The summed E-state index contributed by atoms with van der Waals surface area (Å²) in [5.41, 5.74) is 1.26. The fraction of sp³-hybridized carbons (Fsp3) is 0.588. The van der Waals surface area contributed by atoms with E-state index in [-0.39, 0.29) is 24.0 Å². The van der Waals surface area contributed by atoms with E-state index in [1.807, 2.05) is 13.1 Å². The van der Waals surface area contributed by atoms with Gasteiger partial charge < -0.3 is 15.1 Å². The minimum absolute atomic E-state index is 0. The van der Waals surface area contributed by atoms with Crippen LogP contribution in [0, 0.1) is 0 Å². The highest BCUT2D eigenvalue weighted by Gasteiger charge is 2.22. The van der Waals surface area contributed by atoms with E-state index in [2.05, 4.69) is 80.3 Å². The second-order valence-corrected chi connectivity index (χ2v) is 7.13. The Balaban J connectivity index is 0.00000288. The molecule has 0 spiro atoms. The van der Waals surface area contributed by atoms with Gasteiger partial charge in [-0.25, -0.2) is 0 Å². The molecule has 0 amide bonds. The van der Waals surface area contributed by atoms with Crippen LogP contribution in [0.25, 0.3) is 0 Å². The van der Waals surface area contributed by atoms with Gasteiger partial charge in [0, 0.05) is 57.3 Å². The van der Waals surface area contributed by atoms with Crippen LogP contribution < -0.4 is 5.32 Å². The predicted octanol–water partition coefficient (Wildman–Crippen LogP) is 2.32. The highest BCUT2D eigenvalue weighted by atomic mass is 127. The van der Waals surface area contributed by atoms with Crippen molar-refractivity contribution in [2.75, 3.05) is 54.4 Å². The van der Waals surface area contributed by atoms with Crippen LogP contribution in [-0.2, 0) is 6.54 Å². The first kappa shape index (κ1) is 21.7. The van der Waals surface area contributed by atoms with Gasteiger partial charge in [-0.2, -0.15) is 0 Å². The van der Waals surface area contributed by atoms with Crippen LogP contribution in [0.3, 0.4) is 0 Å². The molecule has 1 heterocycles. The van der Waals surface area contributed by atoms with E-state index in [1.165, 1.54) is 5.56 Å². The van der Waals surface area contributed by atoms with E-state index in [9.17, 15) is 0 Å². The Hall–Kier alpha value is -0.380. The lowest BCUT2D eigenvalue weighted by Gasteiger charge is -2.38. The van der Waals surface area contributed by atoms with Crippen molar-refractivity contribution in [1.82, 2.24) is 20.0 Å². The number of aliphatic imine (C=N–C) groups is 1. The Morgan fingerprint density at radius 1 is 1.33 bits per heavy atom. The van der Waals surface area contributed by atoms with Crippen molar-refractivity contribution >= 4 is 45.9 Å². The van der Waals surface area contributed by atoms with Gasteiger partial charge in [0.2, 0.25) is 0 Å². The molecule has 5 nitrogen and oxygen atoms in total. The van der Waals surface area contributed by atoms with Crippen LogP contribution in [0.15, 0.2) is 33.7 Å². The number of likely N-dealkylation sites (N-methyl/N-ethyl adjacent to an activating group) is 2. The quantitative estimate of drug-likeness (QED) is 0.384. The molecule has 1 aliphatic heterocycles. The van der Waals surface area contributed by atoms with Crippen LogP contribution in [0.1, 0.15) is 5.56 Å². The van der Waals surface area contributed by atoms with Crippen molar-refractivity contribution < 1.29 is 0 Å². The molecule has 0 saturated carbocycles. The van der Waals surface area contributed by atoms with E-state index in [4.69, 9.17) is 0 Å². The third-order valence-electron chi connectivity index (χ3n) is 4.41. The Morgan fingerprint density at radius 2 is 2.04 bits per heavy atom. The largest absolute Gasteiger partial charge is 0.355 e. The maximum absolute atomic E-state index is 4.43. The minimum atomic E-state index is 0. The van der Waals surface area contributed by atoms with Crippen molar-refractivity contribution in [1.29, 1.82) is 0 Å². The zero-order valence-corrected chi connectivity index (χ0v) is 18.9. The zero-order chi connectivity index (χ0) is 16.8. The molecule has 1 aromatic carbocycles. The summed E-state index contributed by atoms with van der Waals surface area (Å²) >= 11 is 3.61. The fourth-order valence-electron chi connectivity index (χ4n) is 2.87. The van der Waals surface area contributed by atoms with Crippen LogP contribution >= 0.6 is 39.9 Å². The maximum atomic E-state index is 4.43.